The summed E-state index contributed by atoms with van der Waals surface area (Å²) in [5, 5.41) is 9.92. The van der Waals surface area contributed by atoms with Crippen LogP contribution < -0.4 is 5.73 Å². The molecular formula is C16H15ClN2O3. The summed E-state index contributed by atoms with van der Waals surface area (Å²) in [5.74, 6) is -0.813. The van der Waals surface area contributed by atoms with Gasteiger partial charge in [0.1, 0.15) is 17.4 Å². The first kappa shape index (κ1) is 15.9. The third-order valence-electron chi connectivity index (χ3n) is 3.41. The maximum absolute atomic E-state index is 12.2. The summed E-state index contributed by atoms with van der Waals surface area (Å²) in [7, 11) is 1.28. The summed E-state index contributed by atoms with van der Waals surface area (Å²) in [6, 6.07) is 8.96. The van der Waals surface area contributed by atoms with Gasteiger partial charge in [-0.05, 0) is 17.7 Å². The van der Waals surface area contributed by atoms with Crippen molar-refractivity contribution in [2.75, 3.05) is 7.11 Å². The highest BCUT2D eigenvalue weighted by molar-refractivity contribution is 6.30. The summed E-state index contributed by atoms with van der Waals surface area (Å²) >= 11 is 6.03. The number of methoxy groups -OCH3 is 1. The number of carbonyl (C=O) groups is 1. The molecule has 1 aliphatic rings. The lowest BCUT2D eigenvalue weighted by Crippen LogP contribution is -2.25. The van der Waals surface area contributed by atoms with Gasteiger partial charge in [-0.25, -0.2) is 4.79 Å². The van der Waals surface area contributed by atoms with Gasteiger partial charge in [0.05, 0.1) is 18.6 Å². The number of hydrogen-bond acceptors (Lipinski definition) is 5. The molecule has 0 aliphatic carbocycles. The molecule has 0 amide bonds. The molecule has 22 heavy (non-hydrogen) atoms. The Morgan fingerprint density at radius 3 is 2.82 bits per heavy atom. The Morgan fingerprint density at radius 1 is 1.55 bits per heavy atom. The summed E-state index contributed by atoms with van der Waals surface area (Å²) < 4.78 is 10.3. The minimum atomic E-state index is -0.653. The fourth-order valence-corrected chi connectivity index (χ4v) is 2.63. The Kier molecular flexibility index (Phi) is 4.74. The van der Waals surface area contributed by atoms with Crippen molar-refractivity contribution < 1.29 is 14.3 Å². The number of ether oxygens (including phenoxy) is 2. The zero-order chi connectivity index (χ0) is 16.3. The lowest BCUT2D eigenvalue weighted by Gasteiger charge is -2.27. The highest BCUT2D eigenvalue weighted by Crippen LogP contribution is 2.40. The van der Waals surface area contributed by atoms with Gasteiger partial charge in [-0.1, -0.05) is 30.7 Å². The largest absolute Gasteiger partial charge is 0.466 e. The van der Waals surface area contributed by atoms with E-state index in [1.165, 1.54) is 7.11 Å². The van der Waals surface area contributed by atoms with Crippen molar-refractivity contribution in [1.29, 1.82) is 5.26 Å². The van der Waals surface area contributed by atoms with Crippen LogP contribution in [0.4, 0.5) is 0 Å². The minimum absolute atomic E-state index is 0.00280. The molecule has 6 heteroatoms. The maximum atomic E-state index is 12.2. The van der Waals surface area contributed by atoms with E-state index in [4.69, 9.17) is 26.8 Å². The molecule has 1 aromatic carbocycles. The van der Waals surface area contributed by atoms with Crippen LogP contribution >= 0.6 is 11.6 Å². The number of benzene rings is 1. The highest BCUT2D eigenvalue weighted by atomic mass is 35.5. The number of halogens is 1. The fraction of sp³-hybridized carbons (Fsp3) is 0.250. The monoisotopic (exact) mass is 318 g/mol. The lowest BCUT2D eigenvalue weighted by molar-refractivity contribution is -0.136. The quantitative estimate of drug-likeness (QED) is 0.866. The molecule has 1 atom stereocenters. The zero-order valence-corrected chi connectivity index (χ0v) is 13.0. The van der Waals surface area contributed by atoms with E-state index in [9.17, 15) is 10.1 Å². The first-order valence-corrected chi connectivity index (χ1v) is 7.05. The van der Waals surface area contributed by atoms with E-state index in [1.54, 1.807) is 24.3 Å². The maximum Gasteiger partial charge on any atom is 0.338 e. The van der Waals surface area contributed by atoms with Crippen LogP contribution in [0.1, 0.15) is 24.8 Å². The van der Waals surface area contributed by atoms with E-state index in [1.807, 2.05) is 13.0 Å². The Morgan fingerprint density at radius 2 is 2.27 bits per heavy atom. The molecule has 0 saturated carbocycles. The molecule has 0 bridgehead atoms. The van der Waals surface area contributed by atoms with E-state index in [0.717, 1.165) is 0 Å². The number of nitriles is 1. The van der Waals surface area contributed by atoms with Crippen molar-refractivity contribution in [3.63, 3.8) is 0 Å². The lowest BCUT2D eigenvalue weighted by atomic mass is 9.82. The molecule has 0 fully saturated rings. The van der Waals surface area contributed by atoms with Crippen LogP contribution in [0.3, 0.4) is 0 Å². The first-order valence-electron chi connectivity index (χ1n) is 6.67. The van der Waals surface area contributed by atoms with E-state index in [0.29, 0.717) is 22.8 Å². The predicted molar refractivity (Wildman–Crippen MR) is 81.4 cm³/mol. The van der Waals surface area contributed by atoms with Gasteiger partial charge >= 0.3 is 5.97 Å². The van der Waals surface area contributed by atoms with Crippen LogP contribution in [0.25, 0.3) is 0 Å². The van der Waals surface area contributed by atoms with E-state index in [2.05, 4.69) is 0 Å². The van der Waals surface area contributed by atoms with Crippen LogP contribution in [-0.4, -0.2) is 13.1 Å². The van der Waals surface area contributed by atoms with Gasteiger partial charge in [0.25, 0.3) is 0 Å². The molecule has 1 aliphatic heterocycles. The van der Waals surface area contributed by atoms with E-state index in [-0.39, 0.29) is 17.0 Å². The molecule has 2 N–H and O–H groups in total. The van der Waals surface area contributed by atoms with Crippen LogP contribution in [0, 0.1) is 11.3 Å². The molecule has 0 aromatic heterocycles. The molecule has 0 radical (unpaired) electrons. The standard InChI is InChI=1S/C16H15ClN2O3/c1-3-12-14(16(20)21-2)13(11(8-18)15(19)22-12)9-5-4-6-10(17)7-9/h4-7,13H,3,19H2,1-2H3/t13-/m1/s1. The van der Waals surface area contributed by atoms with Gasteiger partial charge < -0.3 is 15.2 Å². The van der Waals surface area contributed by atoms with E-state index >= 15 is 0 Å². The fourth-order valence-electron chi connectivity index (χ4n) is 2.43. The number of esters is 1. The molecule has 0 saturated heterocycles. The Labute approximate surface area is 133 Å². The molecular weight excluding hydrogens is 304 g/mol. The third kappa shape index (κ3) is 2.78. The van der Waals surface area contributed by atoms with Gasteiger partial charge in [0, 0.05) is 11.4 Å². The van der Waals surface area contributed by atoms with Gasteiger partial charge in [-0.15, -0.1) is 0 Å². The van der Waals surface area contributed by atoms with Gasteiger partial charge in [-0.2, -0.15) is 5.26 Å². The topological polar surface area (TPSA) is 85.3 Å². The molecule has 5 nitrogen and oxygen atoms in total. The zero-order valence-electron chi connectivity index (χ0n) is 12.2. The van der Waals surface area contributed by atoms with Gasteiger partial charge in [0.2, 0.25) is 5.88 Å². The Hall–Kier alpha value is -2.45. The van der Waals surface area contributed by atoms with E-state index < -0.39 is 11.9 Å². The Bertz CT molecular complexity index is 716. The number of nitrogens with zero attached hydrogens (tertiary/aromatic N) is 1. The molecule has 0 spiro atoms. The number of nitrogens with two attached hydrogens (primary N) is 1. The molecule has 1 heterocycles. The summed E-state index contributed by atoms with van der Waals surface area (Å²) in [6.45, 7) is 1.83. The second-order valence-electron chi connectivity index (χ2n) is 4.66. The molecule has 1 aromatic rings. The van der Waals surface area contributed by atoms with Crippen molar-refractivity contribution in [1.82, 2.24) is 0 Å². The van der Waals surface area contributed by atoms with Crippen molar-refractivity contribution in [2.45, 2.75) is 19.3 Å². The normalized spacial score (nSPS) is 17.8. The number of hydrogen-bond donors (Lipinski definition) is 1. The summed E-state index contributed by atoms with van der Waals surface area (Å²) in [4.78, 5) is 12.2. The number of carbonyl (C=O) groups excluding carboxylic acids is 1. The van der Waals surface area contributed by atoms with Crippen molar-refractivity contribution in [3.8, 4) is 6.07 Å². The average molecular weight is 319 g/mol. The van der Waals surface area contributed by atoms with Crippen LogP contribution in [-0.2, 0) is 14.3 Å². The minimum Gasteiger partial charge on any atom is -0.466 e. The summed E-state index contributed by atoms with van der Waals surface area (Å²) in [5.41, 5.74) is 6.97. The average Bonchev–Trinajstić information content (AvgIpc) is 2.52. The van der Waals surface area contributed by atoms with Gasteiger partial charge in [-0.3, -0.25) is 0 Å². The summed E-state index contributed by atoms with van der Waals surface area (Å²) in [6.07, 6.45) is 0.445. The van der Waals surface area contributed by atoms with Crippen molar-refractivity contribution in [3.05, 3.63) is 57.6 Å². The predicted octanol–water partition coefficient (Wildman–Crippen LogP) is 2.98. The molecule has 114 valence electrons. The second kappa shape index (κ2) is 6.54. The first-order chi connectivity index (χ1) is 10.5. The molecule has 2 rings (SSSR count). The third-order valence-corrected chi connectivity index (χ3v) is 3.64. The van der Waals surface area contributed by atoms with Crippen molar-refractivity contribution in [2.24, 2.45) is 5.73 Å². The second-order valence-corrected chi connectivity index (χ2v) is 5.10. The smallest absolute Gasteiger partial charge is 0.338 e. The van der Waals surface area contributed by atoms with Crippen molar-refractivity contribution >= 4 is 17.6 Å². The molecule has 0 unspecified atom stereocenters. The highest BCUT2D eigenvalue weighted by Gasteiger charge is 2.36. The van der Waals surface area contributed by atoms with Gasteiger partial charge in [0.15, 0.2) is 0 Å². The van der Waals surface area contributed by atoms with Crippen LogP contribution in [0.15, 0.2) is 47.1 Å². The number of allylic oxidation sites excluding steroid dienone is 2. The SMILES string of the molecule is CCC1=C(C(=O)OC)[C@H](c2cccc(Cl)c2)C(C#N)=C(N)O1. The Balaban J connectivity index is 2.69. The van der Waals surface area contributed by atoms with Crippen LogP contribution in [0.2, 0.25) is 5.02 Å². The number of rotatable bonds is 3. The van der Waals surface area contributed by atoms with Crippen LogP contribution in [0.5, 0.6) is 0 Å².